The zero-order chi connectivity index (χ0) is 13.8. The Morgan fingerprint density at radius 2 is 1.94 bits per heavy atom. The first-order valence-corrected chi connectivity index (χ1v) is 6.93. The van der Waals surface area contributed by atoms with Gasteiger partial charge in [-0.2, -0.15) is 0 Å². The molecule has 0 spiro atoms. The largest absolute Gasteiger partial charge is 0.389 e. The maximum atomic E-state index is 10.2. The zero-order valence-electron chi connectivity index (χ0n) is 11.1. The van der Waals surface area contributed by atoms with Crippen molar-refractivity contribution in [2.45, 2.75) is 39.3 Å². The summed E-state index contributed by atoms with van der Waals surface area (Å²) >= 11 is 11.8. The number of hydrogen-bond acceptors (Lipinski definition) is 2. The van der Waals surface area contributed by atoms with Gasteiger partial charge < -0.3 is 10.4 Å². The van der Waals surface area contributed by atoms with Crippen LogP contribution in [0, 0.1) is 5.92 Å². The quantitative estimate of drug-likeness (QED) is 0.833. The maximum Gasteiger partial charge on any atom is 0.0746 e. The SMILES string of the molecule is CC(C)CC(C)(O)CNCc1ccc(Cl)c(Cl)c1. The first-order valence-electron chi connectivity index (χ1n) is 6.17. The fraction of sp³-hybridized carbons (Fsp3) is 0.571. The van der Waals surface area contributed by atoms with E-state index in [2.05, 4.69) is 19.2 Å². The first-order chi connectivity index (χ1) is 8.30. The minimum atomic E-state index is -0.676. The van der Waals surface area contributed by atoms with E-state index in [9.17, 15) is 5.11 Å². The molecular weight excluding hydrogens is 269 g/mol. The van der Waals surface area contributed by atoms with E-state index in [1.165, 1.54) is 0 Å². The lowest BCUT2D eigenvalue weighted by atomic mass is 9.94. The van der Waals surface area contributed by atoms with Crippen LogP contribution in [-0.4, -0.2) is 17.3 Å². The van der Waals surface area contributed by atoms with Gasteiger partial charge in [0.05, 0.1) is 15.6 Å². The van der Waals surface area contributed by atoms with Crippen LogP contribution in [0.2, 0.25) is 10.0 Å². The van der Waals surface area contributed by atoms with Gasteiger partial charge in [0.2, 0.25) is 0 Å². The lowest BCUT2D eigenvalue weighted by molar-refractivity contribution is 0.0383. The third-order valence-corrected chi connectivity index (χ3v) is 3.41. The molecule has 1 atom stereocenters. The molecule has 2 nitrogen and oxygen atoms in total. The van der Waals surface area contributed by atoms with Gasteiger partial charge in [-0.25, -0.2) is 0 Å². The summed E-state index contributed by atoms with van der Waals surface area (Å²) < 4.78 is 0. The molecule has 0 aromatic heterocycles. The fourth-order valence-corrected chi connectivity index (χ4v) is 2.40. The summed E-state index contributed by atoms with van der Waals surface area (Å²) in [5, 5.41) is 14.5. The second-order valence-electron chi connectivity index (χ2n) is 5.45. The number of hydrogen-bond donors (Lipinski definition) is 2. The predicted molar refractivity (Wildman–Crippen MR) is 78.2 cm³/mol. The molecule has 102 valence electrons. The average Bonchev–Trinajstić information content (AvgIpc) is 2.21. The summed E-state index contributed by atoms with van der Waals surface area (Å²) in [4.78, 5) is 0. The summed E-state index contributed by atoms with van der Waals surface area (Å²) in [6.07, 6.45) is 0.779. The van der Waals surface area contributed by atoms with Gasteiger partial charge in [-0.1, -0.05) is 43.1 Å². The maximum absolute atomic E-state index is 10.2. The highest BCUT2D eigenvalue weighted by Crippen LogP contribution is 2.22. The molecule has 0 heterocycles. The first kappa shape index (κ1) is 15.8. The van der Waals surface area contributed by atoms with Gasteiger partial charge in [0, 0.05) is 13.1 Å². The molecule has 1 aromatic carbocycles. The highest BCUT2D eigenvalue weighted by atomic mass is 35.5. The van der Waals surface area contributed by atoms with Crippen LogP contribution in [0.5, 0.6) is 0 Å². The van der Waals surface area contributed by atoms with Crippen molar-refractivity contribution in [3.05, 3.63) is 33.8 Å². The van der Waals surface area contributed by atoms with Crippen molar-refractivity contribution in [3.63, 3.8) is 0 Å². The Morgan fingerprint density at radius 1 is 1.28 bits per heavy atom. The van der Waals surface area contributed by atoms with E-state index in [0.29, 0.717) is 29.1 Å². The van der Waals surface area contributed by atoms with Crippen molar-refractivity contribution in [2.75, 3.05) is 6.54 Å². The monoisotopic (exact) mass is 289 g/mol. The van der Waals surface area contributed by atoms with E-state index >= 15 is 0 Å². The van der Waals surface area contributed by atoms with Crippen molar-refractivity contribution in [3.8, 4) is 0 Å². The Bertz CT molecular complexity index is 391. The Morgan fingerprint density at radius 3 is 2.50 bits per heavy atom. The van der Waals surface area contributed by atoms with Crippen LogP contribution in [0.1, 0.15) is 32.8 Å². The van der Waals surface area contributed by atoms with Crippen molar-refractivity contribution in [1.82, 2.24) is 5.32 Å². The van der Waals surface area contributed by atoms with E-state index in [-0.39, 0.29) is 0 Å². The topological polar surface area (TPSA) is 32.3 Å². The molecule has 18 heavy (non-hydrogen) atoms. The molecule has 0 aliphatic heterocycles. The molecular formula is C14H21Cl2NO. The van der Waals surface area contributed by atoms with E-state index in [1.807, 2.05) is 19.1 Å². The van der Waals surface area contributed by atoms with E-state index in [1.54, 1.807) is 6.07 Å². The molecule has 0 fully saturated rings. The lowest BCUT2D eigenvalue weighted by Crippen LogP contribution is -2.38. The van der Waals surface area contributed by atoms with Crippen LogP contribution in [-0.2, 0) is 6.54 Å². The number of rotatable bonds is 6. The van der Waals surface area contributed by atoms with Crippen molar-refractivity contribution >= 4 is 23.2 Å². The van der Waals surface area contributed by atoms with Gasteiger partial charge in [-0.15, -0.1) is 0 Å². The van der Waals surface area contributed by atoms with Crippen LogP contribution in [0.15, 0.2) is 18.2 Å². The second-order valence-corrected chi connectivity index (χ2v) is 6.26. The van der Waals surface area contributed by atoms with Gasteiger partial charge in [0.1, 0.15) is 0 Å². The van der Waals surface area contributed by atoms with Gasteiger partial charge in [-0.3, -0.25) is 0 Å². The predicted octanol–water partition coefficient (Wildman–Crippen LogP) is 3.88. The summed E-state index contributed by atoms with van der Waals surface area (Å²) in [5.74, 6) is 0.478. The molecule has 0 aliphatic carbocycles. The minimum Gasteiger partial charge on any atom is -0.389 e. The molecule has 0 saturated carbocycles. The van der Waals surface area contributed by atoms with Crippen molar-refractivity contribution in [2.24, 2.45) is 5.92 Å². The highest BCUT2D eigenvalue weighted by molar-refractivity contribution is 6.42. The number of nitrogens with one attached hydrogen (secondary N) is 1. The van der Waals surface area contributed by atoms with Crippen LogP contribution < -0.4 is 5.32 Å². The van der Waals surface area contributed by atoms with Crippen LogP contribution >= 0.6 is 23.2 Å². The summed E-state index contributed by atoms with van der Waals surface area (Å²) in [5.41, 5.74) is 0.384. The molecule has 4 heteroatoms. The molecule has 0 bridgehead atoms. The molecule has 0 radical (unpaired) electrons. The zero-order valence-corrected chi connectivity index (χ0v) is 12.6. The Kier molecular flexibility index (Phi) is 5.93. The van der Waals surface area contributed by atoms with Gasteiger partial charge in [-0.05, 0) is 37.0 Å². The van der Waals surface area contributed by atoms with E-state index < -0.39 is 5.60 Å². The summed E-state index contributed by atoms with van der Waals surface area (Å²) in [6, 6.07) is 5.56. The third-order valence-electron chi connectivity index (χ3n) is 2.67. The molecule has 2 N–H and O–H groups in total. The van der Waals surface area contributed by atoms with Crippen LogP contribution in [0.4, 0.5) is 0 Å². The number of benzene rings is 1. The lowest BCUT2D eigenvalue weighted by Gasteiger charge is -2.25. The summed E-state index contributed by atoms with van der Waals surface area (Å²) in [6.45, 7) is 7.30. The number of halogens is 2. The highest BCUT2D eigenvalue weighted by Gasteiger charge is 2.20. The van der Waals surface area contributed by atoms with Crippen LogP contribution in [0.25, 0.3) is 0 Å². The fourth-order valence-electron chi connectivity index (χ4n) is 2.08. The second kappa shape index (κ2) is 6.76. The van der Waals surface area contributed by atoms with Gasteiger partial charge >= 0.3 is 0 Å². The van der Waals surface area contributed by atoms with Crippen molar-refractivity contribution in [1.29, 1.82) is 0 Å². The van der Waals surface area contributed by atoms with E-state index in [0.717, 1.165) is 12.0 Å². The minimum absolute atomic E-state index is 0.478. The molecule has 0 aliphatic rings. The molecule has 1 rings (SSSR count). The van der Waals surface area contributed by atoms with Gasteiger partial charge in [0.15, 0.2) is 0 Å². The molecule has 1 aromatic rings. The standard InChI is InChI=1S/C14H21Cl2NO/c1-10(2)7-14(3,18)9-17-8-11-4-5-12(15)13(16)6-11/h4-6,10,17-18H,7-9H2,1-3H3. The average molecular weight is 290 g/mol. The summed E-state index contributed by atoms with van der Waals surface area (Å²) in [7, 11) is 0. The third kappa shape index (κ3) is 5.57. The number of aliphatic hydroxyl groups is 1. The Labute approximate surface area is 119 Å². The van der Waals surface area contributed by atoms with Crippen LogP contribution in [0.3, 0.4) is 0 Å². The molecule has 0 saturated heterocycles. The normalized spacial score (nSPS) is 14.8. The Balaban J connectivity index is 2.43. The van der Waals surface area contributed by atoms with E-state index in [4.69, 9.17) is 23.2 Å². The molecule has 0 amide bonds. The molecule has 1 unspecified atom stereocenters. The smallest absolute Gasteiger partial charge is 0.0746 e. The Hall–Kier alpha value is -0.280. The van der Waals surface area contributed by atoms with Gasteiger partial charge in [0.25, 0.3) is 0 Å². The van der Waals surface area contributed by atoms with Crippen molar-refractivity contribution < 1.29 is 5.11 Å².